The number of nitrogens with one attached hydrogen (secondary N) is 2. The van der Waals surface area contributed by atoms with Gasteiger partial charge in [-0.05, 0) is 75.6 Å². The predicted molar refractivity (Wildman–Crippen MR) is 135 cm³/mol. The quantitative estimate of drug-likeness (QED) is 0.626. The first-order valence-electron chi connectivity index (χ1n) is 12.8. The van der Waals surface area contributed by atoms with E-state index < -0.39 is 17.7 Å². The molecule has 1 saturated carbocycles. The van der Waals surface area contributed by atoms with Crippen molar-refractivity contribution in [1.82, 2.24) is 15.5 Å². The molecule has 2 aliphatic rings. The first-order chi connectivity index (χ1) is 17.2. The van der Waals surface area contributed by atoms with Crippen molar-refractivity contribution in [1.29, 1.82) is 0 Å². The highest BCUT2D eigenvalue weighted by atomic mass is 16.6. The Morgan fingerprint density at radius 2 is 1.69 bits per heavy atom. The fraction of sp³-hybridized carbons (Fsp3) is 0.536. The molecular weight excluding hydrogens is 458 g/mol. The molecule has 3 amide bonds. The Labute approximate surface area is 212 Å². The molecule has 1 aromatic carbocycles. The van der Waals surface area contributed by atoms with Crippen molar-refractivity contribution in [3.8, 4) is 0 Å². The highest BCUT2D eigenvalue weighted by Crippen LogP contribution is 2.29. The van der Waals surface area contributed by atoms with Crippen LogP contribution in [0.1, 0.15) is 63.3 Å². The van der Waals surface area contributed by atoms with Crippen LogP contribution < -0.4 is 10.6 Å². The van der Waals surface area contributed by atoms with Gasteiger partial charge in [-0.25, -0.2) is 4.79 Å². The van der Waals surface area contributed by atoms with Gasteiger partial charge in [-0.2, -0.15) is 0 Å². The summed E-state index contributed by atoms with van der Waals surface area (Å²) >= 11 is 0. The second-order valence-electron chi connectivity index (χ2n) is 10.9. The summed E-state index contributed by atoms with van der Waals surface area (Å²) in [5, 5.41) is 6.04. The zero-order valence-electron chi connectivity index (χ0n) is 21.4. The van der Waals surface area contributed by atoms with Crippen molar-refractivity contribution in [2.24, 2.45) is 11.8 Å². The first kappa shape index (κ1) is 25.8. The second-order valence-corrected chi connectivity index (χ2v) is 10.9. The average molecular weight is 496 g/mol. The number of fused-ring (bicyclic) bond motifs is 1. The fourth-order valence-electron chi connectivity index (χ4n) is 4.99. The highest BCUT2D eigenvalue weighted by molar-refractivity contribution is 5.86. The van der Waals surface area contributed by atoms with E-state index >= 15 is 0 Å². The smallest absolute Gasteiger partial charge is 0.411 e. The molecule has 8 heteroatoms. The van der Waals surface area contributed by atoms with Gasteiger partial charge in [0.1, 0.15) is 17.4 Å². The minimum atomic E-state index is -0.641. The summed E-state index contributed by atoms with van der Waals surface area (Å²) in [4.78, 5) is 40.3. The molecule has 0 unspecified atom stereocenters. The van der Waals surface area contributed by atoms with Crippen LogP contribution in [0.25, 0.3) is 0 Å². The number of carbonyl (C=O) groups excluding carboxylic acids is 3. The van der Waals surface area contributed by atoms with E-state index in [4.69, 9.17) is 9.15 Å². The normalized spacial score (nSPS) is 21.9. The Bertz CT molecular complexity index is 1050. The van der Waals surface area contributed by atoms with E-state index in [1.54, 1.807) is 17.2 Å². The number of carbonyl (C=O) groups is 3. The van der Waals surface area contributed by atoms with E-state index in [9.17, 15) is 14.4 Å². The SMILES string of the molecule is CC(C)(C)OC(=O)N1Cc2ccccc2C[C@H]1C(=O)NCC1CCC(C(=O)NCc2ccco2)CC1. The third kappa shape index (κ3) is 6.68. The Kier molecular flexibility index (Phi) is 8.01. The van der Waals surface area contributed by atoms with Gasteiger partial charge >= 0.3 is 6.09 Å². The third-order valence-corrected chi connectivity index (χ3v) is 6.98. The number of ether oxygens (including phenoxy) is 1. The Balaban J connectivity index is 1.29. The summed E-state index contributed by atoms with van der Waals surface area (Å²) in [5.41, 5.74) is 1.48. The van der Waals surface area contributed by atoms with Crippen molar-refractivity contribution < 1.29 is 23.5 Å². The van der Waals surface area contributed by atoms with Crippen molar-refractivity contribution in [2.75, 3.05) is 6.54 Å². The molecule has 1 aliphatic heterocycles. The zero-order chi connectivity index (χ0) is 25.7. The van der Waals surface area contributed by atoms with Gasteiger partial charge in [0.05, 0.1) is 19.4 Å². The van der Waals surface area contributed by atoms with Gasteiger partial charge in [0.15, 0.2) is 0 Å². The van der Waals surface area contributed by atoms with Crippen molar-refractivity contribution in [3.05, 3.63) is 59.5 Å². The number of benzene rings is 1. The van der Waals surface area contributed by atoms with Gasteiger partial charge in [0.2, 0.25) is 11.8 Å². The van der Waals surface area contributed by atoms with E-state index in [0.717, 1.165) is 42.6 Å². The standard InChI is InChI=1S/C28H37N3O5/c1-28(2,3)36-27(34)31-18-22-8-5-4-7-21(22)15-24(31)26(33)29-16-19-10-12-20(13-11-19)25(32)30-17-23-9-6-14-35-23/h4-9,14,19-20,24H,10-13,15-18H2,1-3H3,(H,29,33)(H,30,32)/t19?,20?,24-/m0/s1. The maximum Gasteiger partial charge on any atom is 0.411 e. The van der Waals surface area contributed by atoms with Gasteiger partial charge in [-0.3, -0.25) is 14.5 Å². The van der Waals surface area contributed by atoms with Crippen LogP contribution in [0.15, 0.2) is 47.1 Å². The largest absolute Gasteiger partial charge is 0.467 e. The van der Waals surface area contributed by atoms with E-state index in [1.165, 1.54) is 0 Å². The van der Waals surface area contributed by atoms with Gasteiger partial charge in [-0.1, -0.05) is 24.3 Å². The maximum atomic E-state index is 13.3. The molecule has 0 saturated heterocycles. The van der Waals surface area contributed by atoms with Crippen LogP contribution in [0, 0.1) is 11.8 Å². The van der Waals surface area contributed by atoms with Crippen molar-refractivity contribution in [2.45, 2.75) is 77.6 Å². The topological polar surface area (TPSA) is 101 Å². The number of hydrogen-bond acceptors (Lipinski definition) is 5. The second kappa shape index (κ2) is 11.2. The molecule has 1 atom stereocenters. The van der Waals surface area contributed by atoms with E-state index in [0.29, 0.717) is 32.0 Å². The maximum absolute atomic E-state index is 13.3. The molecule has 2 aromatic rings. The lowest BCUT2D eigenvalue weighted by molar-refractivity contribution is -0.128. The van der Waals surface area contributed by atoms with Crippen LogP contribution in [0.5, 0.6) is 0 Å². The molecule has 2 N–H and O–H groups in total. The first-order valence-corrected chi connectivity index (χ1v) is 12.8. The fourth-order valence-corrected chi connectivity index (χ4v) is 4.99. The summed E-state index contributed by atoms with van der Waals surface area (Å²) < 4.78 is 10.9. The van der Waals surface area contributed by atoms with E-state index in [-0.39, 0.29) is 17.7 Å². The molecule has 0 bridgehead atoms. The predicted octanol–water partition coefficient (Wildman–Crippen LogP) is 4.18. The molecule has 2 heterocycles. The van der Waals surface area contributed by atoms with Crippen LogP contribution in [-0.4, -0.2) is 41.0 Å². The van der Waals surface area contributed by atoms with Gasteiger partial charge in [0.25, 0.3) is 0 Å². The van der Waals surface area contributed by atoms with E-state index in [2.05, 4.69) is 10.6 Å². The number of furan rings is 1. The van der Waals surface area contributed by atoms with Gasteiger partial charge < -0.3 is 19.8 Å². The molecule has 1 aliphatic carbocycles. The monoisotopic (exact) mass is 495 g/mol. The van der Waals surface area contributed by atoms with Gasteiger partial charge in [0, 0.05) is 18.9 Å². The summed E-state index contributed by atoms with van der Waals surface area (Å²) in [6, 6.07) is 10.9. The Morgan fingerprint density at radius 3 is 2.36 bits per heavy atom. The lowest BCUT2D eigenvalue weighted by Gasteiger charge is -2.37. The number of rotatable bonds is 6. The summed E-state index contributed by atoms with van der Waals surface area (Å²) in [6.45, 7) is 6.77. The Hall–Kier alpha value is -3.29. The van der Waals surface area contributed by atoms with Crippen LogP contribution in [0.4, 0.5) is 4.79 Å². The summed E-state index contributed by atoms with van der Waals surface area (Å²) in [5.74, 6) is 0.945. The highest BCUT2D eigenvalue weighted by Gasteiger charge is 2.37. The number of amides is 3. The van der Waals surface area contributed by atoms with Crippen LogP contribution in [0.2, 0.25) is 0 Å². The van der Waals surface area contributed by atoms with Crippen LogP contribution in [-0.2, 0) is 33.8 Å². The Morgan fingerprint density at radius 1 is 0.972 bits per heavy atom. The molecule has 194 valence electrons. The lowest BCUT2D eigenvalue weighted by atomic mass is 9.81. The lowest BCUT2D eigenvalue weighted by Crippen LogP contribution is -2.54. The minimum Gasteiger partial charge on any atom is -0.467 e. The van der Waals surface area contributed by atoms with Crippen LogP contribution >= 0.6 is 0 Å². The van der Waals surface area contributed by atoms with Crippen molar-refractivity contribution in [3.63, 3.8) is 0 Å². The minimum absolute atomic E-state index is 0.00980. The number of hydrogen-bond donors (Lipinski definition) is 2. The van der Waals surface area contributed by atoms with Gasteiger partial charge in [-0.15, -0.1) is 0 Å². The molecule has 8 nitrogen and oxygen atoms in total. The molecule has 36 heavy (non-hydrogen) atoms. The van der Waals surface area contributed by atoms with Crippen molar-refractivity contribution >= 4 is 17.9 Å². The summed E-state index contributed by atoms with van der Waals surface area (Å²) in [6.07, 6.45) is 4.93. The molecular formula is C28H37N3O5. The average Bonchev–Trinajstić information content (AvgIpc) is 3.38. The van der Waals surface area contributed by atoms with E-state index in [1.807, 2.05) is 51.1 Å². The molecule has 4 rings (SSSR count). The summed E-state index contributed by atoms with van der Waals surface area (Å²) in [7, 11) is 0. The third-order valence-electron chi connectivity index (χ3n) is 6.98. The molecule has 1 fully saturated rings. The zero-order valence-corrected chi connectivity index (χ0v) is 21.4. The molecule has 0 radical (unpaired) electrons. The molecule has 0 spiro atoms. The van der Waals surface area contributed by atoms with Crippen LogP contribution in [0.3, 0.4) is 0 Å². The molecule has 1 aromatic heterocycles. The number of nitrogens with zero attached hydrogens (tertiary/aromatic N) is 1.